The molecule has 0 saturated carbocycles. The molecular weight excluding hydrogens is 472 g/mol. The largest absolute Gasteiger partial charge is 0.491 e. The quantitative estimate of drug-likeness (QED) is 0.307. The normalized spacial score (nSPS) is 15.2. The molecule has 2 heterocycles. The highest BCUT2D eigenvalue weighted by Gasteiger charge is 2.35. The highest BCUT2D eigenvalue weighted by Crippen LogP contribution is 2.38. The highest BCUT2D eigenvalue weighted by molar-refractivity contribution is 7.98. The lowest BCUT2D eigenvalue weighted by Crippen LogP contribution is -2.29. The van der Waals surface area contributed by atoms with E-state index in [4.69, 9.17) is 26.2 Å². The zero-order valence-electron chi connectivity index (χ0n) is 19.5. The van der Waals surface area contributed by atoms with Gasteiger partial charge in [0.05, 0.1) is 18.3 Å². The fraction of sp³-hybridized carbons (Fsp3) is 0.320. The zero-order valence-corrected chi connectivity index (χ0v) is 21.1. The van der Waals surface area contributed by atoms with E-state index >= 15 is 0 Å². The van der Waals surface area contributed by atoms with Crippen molar-refractivity contribution in [2.24, 2.45) is 0 Å². The van der Waals surface area contributed by atoms with E-state index in [2.05, 4.69) is 10.3 Å². The van der Waals surface area contributed by atoms with Crippen LogP contribution < -0.4 is 10.1 Å². The molecular formula is C25H27ClN4O3S. The summed E-state index contributed by atoms with van der Waals surface area (Å²) in [6, 6.07) is 14.9. The molecule has 1 unspecified atom stereocenters. The van der Waals surface area contributed by atoms with E-state index in [9.17, 15) is 4.79 Å². The maximum atomic E-state index is 13.0. The number of rotatable bonds is 8. The predicted octanol–water partition coefficient (Wildman–Crippen LogP) is 5.86. The van der Waals surface area contributed by atoms with Gasteiger partial charge in [0.2, 0.25) is 11.1 Å². The van der Waals surface area contributed by atoms with Crippen molar-refractivity contribution in [2.75, 3.05) is 11.9 Å². The minimum absolute atomic E-state index is 0.0276. The maximum absolute atomic E-state index is 13.0. The van der Waals surface area contributed by atoms with Crippen molar-refractivity contribution in [1.82, 2.24) is 14.8 Å². The monoisotopic (exact) mass is 498 g/mol. The van der Waals surface area contributed by atoms with E-state index in [0.717, 1.165) is 16.9 Å². The van der Waals surface area contributed by atoms with Crippen LogP contribution in [0.2, 0.25) is 5.02 Å². The van der Waals surface area contributed by atoms with Crippen LogP contribution in [0.5, 0.6) is 5.75 Å². The summed E-state index contributed by atoms with van der Waals surface area (Å²) in [6.45, 7) is 7.87. The van der Waals surface area contributed by atoms with Gasteiger partial charge in [0.15, 0.2) is 0 Å². The summed E-state index contributed by atoms with van der Waals surface area (Å²) in [4.78, 5) is 17.7. The molecule has 0 amide bonds. The molecule has 1 atom stereocenters. The second-order valence-electron chi connectivity index (χ2n) is 8.07. The summed E-state index contributed by atoms with van der Waals surface area (Å²) in [7, 11) is 0. The predicted molar refractivity (Wildman–Crippen MR) is 134 cm³/mol. The lowest BCUT2D eigenvalue weighted by Gasteiger charge is -2.28. The number of carbonyl (C=O) groups is 1. The first kappa shape index (κ1) is 24.2. The van der Waals surface area contributed by atoms with Crippen LogP contribution in [0.1, 0.15) is 44.9 Å². The minimum Gasteiger partial charge on any atom is -0.491 e. The second-order valence-corrected chi connectivity index (χ2v) is 9.42. The fourth-order valence-electron chi connectivity index (χ4n) is 3.76. The molecule has 0 spiro atoms. The van der Waals surface area contributed by atoms with Crippen LogP contribution in [0.15, 0.2) is 65.0 Å². The van der Waals surface area contributed by atoms with Crippen LogP contribution in [-0.2, 0) is 15.3 Å². The minimum atomic E-state index is -0.506. The molecule has 7 nitrogen and oxygen atoms in total. The Balaban J connectivity index is 1.71. The molecule has 1 aliphatic heterocycles. The Morgan fingerprint density at radius 2 is 2.03 bits per heavy atom. The van der Waals surface area contributed by atoms with Gasteiger partial charge in [-0.15, -0.1) is 5.10 Å². The van der Waals surface area contributed by atoms with Gasteiger partial charge in [-0.05, 0) is 57.0 Å². The Kier molecular flexibility index (Phi) is 7.48. The summed E-state index contributed by atoms with van der Waals surface area (Å²) in [5.41, 5.74) is 3.03. The number of halogens is 1. The van der Waals surface area contributed by atoms with Gasteiger partial charge < -0.3 is 14.8 Å². The SMILES string of the molecule is CCOC(=O)C1=C(C)Nc2nc(SCc3ccccc3Cl)nn2C1c1cccc(OC(C)C)c1. The molecule has 4 rings (SSSR count). The number of hydrogen-bond acceptors (Lipinski definition) is 7. The smallest absolute Gasteiger partial charge is 0.338 e. The Morgan fingerprint density at radius 3 is 2.76 bits per heavy atom. The summed E-state index contributed by atoms with van der Waals surface area (Å²) in [5.74, 6) is 1.52. The molecule has 2 aromatic carbocycles. The number of esters is 1. The van der Waals surface area contributed by atoms with E-state index in [0.29, 0.717) is 33.2 Å². The number of hydrogen-bond donors (Lipinski definition) is 1. The number of fused-ring (bicyclic) bond motifs is 1. The van der Waals surface area contributed by atoms with Crippen molar-refractivity contribution >= 4 is 35.3 Å². The first-order valence-electron chi connectivity index (χ1n) is 11.1. The van der Waals surface area contributed by atoms with Gasteiger partial charge in [-0.3, -0.25) is 0 Å². The third kappa shape index (κ3) is 5.23. The first-order chi connectivity index (χ1) is 16.4. The van der Waals surface area contributed by atoms with Crippen molar-refractivity contribution in [3.05, 3.63) is 76.0 Å². The lowest BCUT2D eigenvalue weighted by molar-refractivity contribution is -0.139. The van der Waals surface area contributed by atoms with Crippen LogP contribution in [0.3, 0.4) is 0 Å². The number of benzene rings is 2. The Morgan fingerprint density at radius 1 is 1.24 bits per heavy atom. The van der Waals surface area contributed by atoms with Crippen LogP contribution in [0.4, 0.5) is 5.95 Å². The molecule has 3 aromatic rings. The van der Waals surface area contributed by atoms with Gasteiger partial charge >= 0.3 is 5.97 Å². The zero-order chi connectivity index (χ0) is 24.2. The fourth-order valence-corrected chi connectivity index (χ4v) is 4.88. The Hall–Kier alpha value is -2.97. The standard InChI is InChI=1S/C25H27ClN4O3S/c1-5-32-23(31)21-16(4)27-24-28-25(34-14-18-9-6-7-12-20(18)26)29-30(24)22(21)17-10-8-11-19(13-17)33-15(2)3/h6-13,15,22H,5,14H2,1-4H3,(H,27,28,29). The Bertz CT molecular complexity index is 1220. The third-order valence-electron chi connectivity index (χ3n) is 5.19. The summed E-state index contributed by atoms with van der Waals surface area (Å²) in [6.07, 6.45) is 0.0276. The summed E-state index contributed by atoms with van der Waals surface area (Å²) < 4.78 is 13.0. The third-order valence-corrected chi connectivity index (χ3v) is 6.44. The molecule has 9 heteroatoms. The van der Waals surface area contributed by atoms with Gasteiger partial charge in [0.1, 0.15) is 11.8 Å². The molecule has 34 heavy (non-hydrogen) atoms. The first-order valence-corrected chi connectivity index (χ1v) is 12.5. The van der Waals surface area contributed by atoms with E-state index in [1.54, 1.807) is 11.6 Å². The number of thioether (sulfide) groups is 1. The van der Waals surface area contributed by atoms with E-state index in [-0.39, 0.29) is 18.7 Å². The van der Waals surface area contributed by atoms with E-state index < -0.39 is 6.04 Å². The van der Waals surface area contributed by atoms with Crippen LogP contribution >= 0.6 is 23.4 Å². The molecule has 0 radical (unpaired) electrons. The van der Waals surface area contributed by atoms with Crippen molar-refractivity contribution in [1.29, 1.82) is 0 Å². The molecule has 178 valence electrons. The average molecular weight is 499 g/mol. The molecule has 0 fully saturated rings. The van der Waals surface area contributed by atoms with Crippen molar-refractivity contribution in [2.45, 2.75) is 50.8 Å². The topological polar surface area (TPSA) is 78.3 Å². The van der Waals surface area contributed by atoms with Gasteiger partial charge in [0, 0.05) is 16.5 Å². The second kappa shape index (κ2) is 10.5. The number of carbonyl (C=O) groups excluding carboxylic acids is 1. The number of anilines is 1. The number of nitrogens with one attached hydrogen (secondary N) is 1. The lowest BCUT2D eigenvalue weighted by atomic mass is 9.95. The number of ether oxygens (including phenoxy) is 2. The van der Waals surface area contributed by atoms with Crippen LogP contribution in [0, 0.1) is 0 Å². The van der Waals surface area contributed by atoms with Gasteiger partial charge in [-0.25, -0.2) is 9.48 Å². The van der Waals surface area contributed by atoms with Crippen molar-refractivity contribution in [3.8, 4) is 5.75 Å². The van der Waals surface area contributed by atoms with E-state index in [1.807, 2.05) is 69.3 Å². The van der Waals surface area contributed by atoms with Gasteiger partial charge in [0.25, 0.3) is 0 Å². The van der Waals surface area contributed by atoms with Gasteiger partial charge in [-0.2, -0.15) is 4.98 Å². The van der Waals surface area contributed by atoms with Crippen LogP contribution in [-0.4, -0.2) is 33.4 Å². The summed E-state index contributed by atoms with van der Waals surface area (Å²) in [5, 5.41) is 9.27. The molecule has 0 saturated heterocycles. The highest BCUT2D eigenvalue weighted by atomic mass is 35.5. The van der Waals surface area contributed by atoms with Crippen LogP contribution in [0.25, 0.3) is 0 Å². The molecule has 0 aliphatic carbocycles. The van der Waals surface area contributed by atoms with Crippen molar-refractivity contribution < 1.29 is 14.3 Å². The number of allylic oxidation sites excluding steroid dienone is 1. The van der Waals surface area contributed by atoms with E-state index in [1.165, 1.54) is 11.8 Å². The molecule has 1 N–H and O–H groups in total. The summed E-state index contributed by atoms with van der Waals surface area (Å²) >= 11 is 7.79. The maximum Gasteiger partial charge on any atom is 0.338 e. The number of nitrogens with zero attached hydrogens (tertiary/aromatic N) is 3. The molecule has 1 aromatic heterocycles. The molecule has 0 bridgehead atoms. The molecule has 1 aliphatic rings. The average Bonchev–Trinajstić information content (AvgIpc) is 3.19. The Labute approximate surface area is 208 Å². The van der Waals surface area contributed by atoms with Crippen molar-refractivity contribution in [3.63, 3.8) is 0 Å². The van der Waals surface area contributed by atoms with Gasteiger partial charge in [-0.1, -0.05) is 53.7 Å². The number of aromatic nitrogens is 3.